The summed E-state index contributed by atoms with van der Waals surface area (Å²) in [6.45, 7) is 5.82. The van der Waals surface area contributed by atoms with Crippen LogP contribution in [-0.4, -0.2) is 28.6 Å². The van der Waals surface area contributed by atoms with Gasteiger partial charge in [-0.25, -0.2) is 4.98 Å². The monoisotopic (exact) mass is 457 g/mol. The van der Waals surface area contributed by atoms with Gasteiger partial charge in [0.25, 0.3) is 5.91 Å². The largest absolute Gasteiger partial charge is 0.353 e. The van der Waals surface area contributed by atoms with Crippen LogP contribution >= 0.6 is 34.9 Å². The summed E-state index contributed by atoms with van der Waals surface area (Å²) in [7, 11) is 0. The van der Waals surface area contributed by atoms with E-state index in [2.05, 4.69) is 15.6 Å². The Hall–Kier alpha value is -2.29. The molecule has 2 amide bonds. The third-order valence-electron chi connectivity index (χ3n) is 3.86. The molecule has 0 fully saturated rings. The average molecular weight is 458 g/mol. The van der Waals surface area contributed by atoms with E-state index in [-0.39, 0.29) is 23.6 Å². The van der Waals surface area contributed by atoms with Crippen molar-refractivity contribution in [1.82, 2.24) is 10.3 Å². The van der Waals surface area contributed by atoms with E-state index >= 15 is 0 Å². The van der Waals surface area contributed by atoms with Crippen molar-refractivity contribution in [2.45, 2.75) is 40.9 Å². The predicted molar refractivity (Wildman–Crippen MR) is 126 cm³/mol. The molecule has 1 heterocycles. The Bertz CT molecular complexity index is 1020. The van der Waals surface area contributed by atoms with Gasteiger partial charge in [0, 0.05) is 32.6 Å². The van der Waals surface area contributed by atoms with Crippen molar-refractivity contribution in [2.75, 3.05) is 11.1 Å². The van der Waals surface area contributed by atoms with Crippen molar-refractivity contribution in [3.63, 3.8) is 0 Å². The standard InChI is InChI=1S/C22H23N3O2S3/c1-14(2)23-20(26)13-28-19-7-5-4-6-18(19)21(27)25-16-8-10-17(11-9-16)30-22-24-15(3)12-29-22/h4-12,14H,13H2,1-3H3,(H,23,26)(H,25,27). The van der Waals surface area contributed by atoms with E-state index in [0.29, 0.717) is 5.56 Å². The Kier molecular flexibility index (Phi) is 7.95. The molecule has 8 heteroatoms. The molecule has 0 aliphatic heterocycles. The molecular weight excluding hydrogens is 434 g/mol. The van der Waals surface area contributed by atoms with Gasteiger partial charge in [0.05, 0.1) is 11.3 Å². The van der Waals surface area contributed by atoms with Gasteiger partial charge >= 0.3 is 0 Å². The molecule has 3 aromatic rings. The van der Waals surface area contributed by atoms with Crippen molar-refractivity contribution < 1.29 is 9.59 Å². The molecule has 1 aromatic heterocycles. The third-order valence-corrected chi connectivity index (χ3v) is 6.99. The molecule has 156 valence electrons. The maximum Gasteiger partial charge on any atom is 0.256 e. The van der Waals surface area contributed by atoms with E-state index in [0.717, 1.165) is 25.5 Å². The average Bonchev–Trinajstić information content (AvgIpc) is 3.12. The number of anilines is 1. The van der Waals surface area contributed by atoms with Crippen LogP contribution in [0.5, 0.6) is 0 Å². The summed E-state index contributed by atoms with van der Waals surface area (Å²) in [6, 6.07) is 15.1. The highest BCUT2D eigenvalue weighted by molar-refractivity contribution is 8.01. The third kappa shape index (κ3) is 6.62. The smallest absolute Gasteiger partial charge is 0.256 e. The minimum Gasteiger partial charge on any atom is -0.353 e. The number of rotatable bonds is 8. The normalized spacial score (nSPS) is 10.8. The van der Waals surface area contributed by atoms with E-state index < -0.39 is 0 Å². The Morgan fingerprint density at radius 1 is 1.10 bits per heavy atom. The Balaban J connectivity index is 1.62. The molecule has 0 saturated carbocycles. The predicted octanol–water partition coefficient (Wildman–Crippen LogP) is 5.47. The van der Waals surface area contributed by atoms with Crippen molar-refractivity contribution in [2.24, 2.45) is 0 Å². The molecule has 0 aliphatic carbocycles. The zero-order valence-corrected chi connectivity index (χ0v) is 19.4. The molecule has 0 radical (unpaired) electrons. The van der Waals surface area contributed by atoms with Crippen LogP contribution in [0.1, 0.15) is 29.9 Å². The maximum atomic E-state index is 12.8. The van der Waals surface area contributed by atoms with E-state index in [9.17, 15) is 9.59 Å². The van der Waals surface area contributed by atoms with Crippen LogP contribution in [0.4, 0.5) is 5.69 Å². The number of carbonyl (C=O) groups is 2. The molecule has 0 atom stereocenters. The molecule has 0 bridgehead atoms. The highest BCUT2D eigenvalue weighted by atomic mass is 32.2. The van der Waals surface area contributed by atoms with Gasteiger partial charge in [0.2, 0.25) is 5.91 Å². The molecule has 3 rings (SSSR count). The zero-order valence-electron chi connectivity index (χ0n) is 17.0. The number of benzene rings is 2. The van der Waals surface area contributed by atoms with Gasteiger partial charge in [0.1, 0.15) is 0 Å². The van der Waals surface area contributed by atoms with E-state index in [1.807, 2.05) is 68.6 Å². The van der Waals surface area contributed by atoms with Crippen LogP contribution in [0.2, 0.25) is 0 Å². The lowest BCUT2D eigenvalue weighted by Gasteiger charge is -2.11. The number of thioether (sulfide) groups is 1. The van der Waals surface area contributed by atoms with Gasteiger partial charge in [-0.3, -0.25) is 9.59 Å². The number of hydrogen-bond acceptors (Lipinski definition) is 6. The number of nitrogens with one attached hydrogen (secondary N) is 2. The van der Waals surface area contributed by atoms with Crippen LogP contribution in [0, 0.1) is 6.92 Å². The summed E-state index contributed by atoms with van der Waals surface area (Å²) in [5.74, 6) is 0.0250. The molecule has 0 aliphatic rings. The Morgan fingerprint density at radius 2 is 1.83 bits per heavy atom. The molecule has 0 spiro atoms. The second-order valence-corrected chi connectivity index (χ2v) is 10.0. The molecule has 0 saturated heterocycles. The summed E-state index contributed by atoms with van der Waals surface area (Å²) >= 11 is 4.58. The fourth-order valence-corrected chi connectivity index (χ4v) is 5.24. The number of aromatic nitrogens is 1. The number of carbonyl (C=O) groups excluding carboxylic acids is 2. The number of amides is 2. The van der Waals surface area contributed by atoms with Crippen LogP contribution in [-0.2, 0) is 4.79 Å². The van der Waals surface area contributed by atoms with Crippen LogP contribution in [0.3, 0.4) is 0 Å². The quantitative estimate of drug-likeness (QED) is 0.439. The number of thiazole rings is 1. The summed E-state index contributed by atoms with van der Waals surface area (Å²) in [6.07, 6.45) is 0. The first-order chi connectivity index (χ1) is 14.4. The van der Waals surface area contributed by atoms with E-state index in [1.165, 1.54) is 11.8 Å². The highest BCUT2D eigenvalue weighted by Crippen LogP contribution is 2.31. The van der Waals surface area contributed by atoms with Crippen molar-refractivity contribution in [3.05, 3.63) is 65.2 Å². The molecule has 5 nitrogen and oxygen atoms in total. The topological polar surface area (TPSA) is 71.1 Å². The van der Waals surface area contributed by atoms with Crippen LogP contribution < -0.4 is 10.6 Å². The maximum absolute atomic E-state index is 12.8. The highest BCUT2D eigenvalue weighted by Gasteiger charge is 2.13. The second-order valence-electron chi connectivity index (χ2n) is 6.84. The number of hydrogen-bond donors (Lipinski definition) is 2. The summed E-state index contributed by atoms with van der Waals surface area (Å²) in [4.78, 5) is 31.0. The first kappa shape index (κ1) is 22.4. The van der Waals surface area contributed by atoms with Crippen molar-refractivity contribution in [1.29, 1.82) is 0 Å². The summed E-state index contributed by atoms with van der Waals surface area (Å²) in [5, 5.41) is 7.82. The lowest BCUT2D eigenvalue weighted by Crippen LogP contribution is -2.31. The fraction of sp³-hybridized carbons (Fsp3) is 0.227. The molecule has 30 heavy (non-hydrogen) atoms. The minimum absolute atomic E-state index is 0.0475. The van der Waals surface area contributed by atoms with E-state index in [1.54, 1.807) is 29.2 Å². The SMILES string of the molecule is Cc1csc(Sc2ccc(NC(=O)c3ccccc3SCC(=O)NC(C)C)cc2)n1. The Labute approximate surface area is 189 Å². The molecular formula is C22H23N3O2S3. The van der Waals surface area contributed by atoms with Crippen molar-refractivity contribution in [3.8, 4) is 0 Å². The number of aryl methyl sites for hydroxylation is 1. The molecule has 2 aromatic carbocycles. The first-order valence-electron chi connectivity index (χ1n) is 9.43. The Morgan fingerprint density at radius 3 is 2.50 bits per heavy atom. The van der Waals surface area contributed by atoms with Gasteiger partial charge < -0.3 is 10.6 Å². The lowest BCUT2D eigenvalue weighted by atomic mass is 10.2. The molecule has 2 N–H and O–H groups in total. The van der Waals surface area contributed by atoms with Crippen LogP contribution in [0.25, 0.3) is 0 Å². The fourth-order valence-electron chi connectivity index (χ4n) is 2.57. The van der Waals surface area contributed by atoms with Gasteiger partial charge in [0.15, 0.2) is 4.34 Å². The zero-order chi connectivity index (χ0) is 21.5. The van der Waals surface area contributed by atoms with Crippen molar-refractivity contribution >= 4 is 52.4 Å². The van der Waals surface area contributed by atoms with Gasteiger partial charge in [-0.05, 0) is 57.2 Å². The van der Waals surface area contributed by atoms with E-state index in [4.69, 9.17) is 0 Å². The minimum atomic E-state index is -0.196. The lowest BCUT2D eigenvalue weighted by molar-refractivity contribution is -0.119. The summed E-state index contributed by atoms with van der Waals surface area (Å²) < 4.78 is 0.997. The second kappa shape index (κ2) is 10.7. The van der Waals surface area contributed by atoms with Crippen LogP contribution in [0.15, 0.2) is 68.0 Å². The number of nitrogens with zero attached hydrogens (tertiary/aromatic N) is 1. The molecule has 0 unspecified atom stereocenters. The summed E-state index contributed by atoms with van der Waals surface area (Å²) in [5.41, 5.74) is 2.29. The van der Waals surface area contributed by atoms with Gasteiger partial charge in [-0.2, -0.15) is 0 Å². The van der Waals surface area contributed by atoms with Gasteiger partial charge in [-0.1, -0.05) is 23.9 Å². The first-order valence-corrected chi connectivity index (χ1v) is 12.1. The van der Waals surface area contributed by atoms with Gasteiger partial charge in [-0.15, -0.1) is 23.1 Å².